The first-order chi connectivity index (χ1) is 20.2. The maximum Gasteiger partial charge on any atom is 0.324 e. The maximum absolute atomic E-state index is 13.2. The highest BCUT2D eigenvalue weighted by Crippen LogP contribution is 2.33. The first-order valence-electron chi connectivity index (χ1n) is 14.3. The lowest BCUT2D eigenvalue weighted by Gasteiger charge is -2.26. The minimum absolute atomic E-state index is 0.141. The van der Waals surface area contributed by atoms with Gasteiger partial charge >= 0.3 is 6.03 Å². The number of fused-ring (bicyclic) bond motifs is 1. The summed E-state index contributed by atoms with van der Waals surface area (Å²) in [4.78, 5) is 39.1. The topological polar surface area (TPSA) is 130 Å². The fourth-order valence-electron chi connectivity index (χ4n) is 4.92. The van der Waals surface area contributed by atoms with E-state index in [-0.39, 0.29) is 17.0 Å². The van der Waals surface area contributed by atoms with Crippen LogP contribution in [0.3, 0.4) is 0 Å². The van der Waals surface area contributed by atoms with E-state index in [9.17, 15) is 9.59 Å². The van der Waals surface area contributed by atoms with E-state index in [0.717, 1.165) is 30.1 Å². The molecule has 222 valence electrons. The SMILES string of the molecule is CSc1cc(Oc2ccnc3[nH]c(=O)cnc23)ccc1NC(=O)Nc1cc(C(C)(C)C)nn1CCCN1CCCCC1. The Hall–Kier alpha value is -3.90. The number of urea groups is 1. The predicted molar refractivity (Wildman–Crippen MR) is 167 cm³/mol. The zero-order chi connectivity index (χ0) is 29.7. The lowest BCUT2D eigenvalue weighted by molar-refractivity contribution is 0.222. The van der Waals surface area contributed by atoms with E-state index >= 15 is 0 Å². The van der Waals surface area contributed by atoms with Gasteiger partial charge in [-0.2, -0.15) is 5.10 Å². The first-order valence-corrected chi connectivity index (χ1v) is 15.5. The van der Waals surface area contributed by atoms with Crippen molar-refractivity contribution >= 4 is 40.5 Å². The Labute approximate surface area is 249 Å². The minimum atomic E-state index is -0.343. The van der Waals surface area contributed by atoms with Crippen molar-refractivity contribution in [2.45, 2.75) is 63.3 Å². The van der Waals surface area contributed by atoms with Crippen LogP contribution in [0.15, 0.2) is 52.4 Å². The third-order valence-corrected chi connectivity index (χ3v) is 7.95. The Balaban J connectivity index is 1.27. The van der Waals surface area contributed by atoms with Crippen molar-refractivity contribution in [3.8, 4) is 11.5 Å². The third-order valence-electron chi connectivity index (χ3n) is 7.17. The summed E-state index contributed by atoms with van der Waals surface area (Å²) in [6.45, 7) is 10.5. The summed E-state index contributed by atoms with van der Waals surface area (Å²) in [6.07, 6.45) is 9.52. The van der Waals surface area contributed by atoms with Gasteiger partial charge in [-0.25, -0.2) is 19.4 Å². The molecule has 4 heterocycles. The number of piperidine rings is 1. The van der Waals surface area contributed by atoms with Crippen molar-refractivity contribution in [3.63, 3.8) is 0 Å². The Morgan fingerprint density at radius 1 is 1.07 bits per heavy atom. The van der Waals surface area contributed by atoms with E-state index in [1.807, 2.05) is 23.1 Å². The van der Waals surface area contributed by atoms with Crippen LogP contribution in [0.2, 0.25) is 0 Å². The fraction of sp³-hybridized carbons (Fsp3) is 0.433. The molecule has 42 heavy (non-hydrogen) atoms. The highest BCUT2D eigenvalue weighted by Gasteiger charge is 2.21. The molecule has 1 saturated heterocycles. The van der Waals surface area contributed by atoms with Gasteiger partial charge in [-0.05, 0) is 63.4 Å². The van der Waals surface area contributed by atoms with Crippen LogP contribution in [-0.4, -0.2) is 61.6 Å². The van der Waals surface area contributed by atoms with Crippen LogP contribution in [0.25, 0.3) is 11.2 Å². The molecule has 0 atom stereocenters. The van der Waals surface area contributed by atoms with E-state index in [4.69, 9.17) is 9.84 Å². The van der Waals surface area contributed by atoms with E-state index in [1.54, 1.807) is 24.4 Å². The minimum Gasteiger partial charge on any atom is -0.455 e. The summed E-state index contributed by atoms with van der Waals surface area (Å²) >= 11 is 1.49. The smallest absolute Gasteiger partial charge is 0.324 e. The van der Waals surface area contributed by atoms with Gasteiger partial charge in [-0.15, -0.1) is 11.8 Å². The fourth-order valence-corrected chi connectivity index (χ4v) is 5.50. The number of benzene rings is 1. The molecule has 0 radical (unpaired) electrons. The standard InChI is InChI=1S/C30H38N8O3S/c1-30(2,3)24-18-25(38(36-24)16-8-15-37-13-6-5-7-14-37)34-29(40)33-21-10-9-20(17-23(21)42-4)41-22-11-12-31-28-27(22)32-19-26(39)35-28/h9-12,17-19H,5-8,13-16H2,1-4H3,(H,31,35,39)(H2,33,34,40). The van der Waals surface area contributed by atoms with Gasteiger partial charge in [0.05, 0.1) is 17.6 Å². The van der Waals surface area contributed by atoms with E-state index < -0.39 is 0 Å². The molecule has 1 aromatic carbocycles. The second-order valence-electron chi connectivity index (χ2n) is 11.4. The molecule has 4 aromatic rings. The average Bonchev–Trinajstić information content (AvgIpc) is 3.37. The van der Waals surface area contributed by atoms with Crippen molar-refractivity contribution in [1.82, 2.24) is 29.6 Å². The molecule has 0 aliphatic carbocycles. The number of pyridine rings is 1. The second-order valence-corrected chi connectivity index (χ2v) is 12.3. The largest absolute Gasteiger partial charge is 0.455 e. The number of H-pyrrole nitrogens is 1. The molecule has 1 aliphatic rings. The first kappa shape index (κ1) is 29.6. The summed E-state index contributed by atoms with van der Waals surface area (Å²) in [6, 6.07) is 8.73. The highest BCUT2D eigenvalue weighted by atomic mass is 32.2. The molecule has 5 rings (SSSR count). The Morgan fingerprint density at radius 2 is 1.88 bits per heavy atom. The van der Waals surface area contributed by atoms with Crippen molar-refractivity contribution < 1.29 is 9.53 Å². The average molecular weight is 591 g/mol. The van der Waals surface area contributed by atoms with E-state index in [2.05, 4.69) is 51.3 Å². The van der Waals surface area contributed by atoms with Crippen LogP contribution in [0.5, 0.6) is 11.5 Å². The number of hydrogen-bond acceptors (Lipinski definition) is 8. The van der Waals surface area contributed by atoms with Crippen LogP contribution in [0.4, 0.5) is 16.3 Å². The molecule has 12 heteroatoms. The Morgan fingerprint density at radius 3 is 2.64 bits per heavy atom. The van der Waals surface area contributed by atoms with Crippen molar-refractivity contribution in [3.05, 3.63) is 58.8 Å². The number of likely N-dealkylation sites (tertiary alicyclic amines) is 1. The third kappa shape index (κ3) is 7.29. The number of aromatic nitrogens is 5. The predicted octanol–water partition coefficient (Wildman–Crippen LogP) is 5.85. The van der Waals surface area contributed by atoms with Crippen molar-refractivity contribution in [2.75, 3.05) is 36.5 Å². The monoisotopic (exact) mass is 590 g/mol. The maximum atomic E-state index is 13.2. The molecule has 0 unspecified atom stereocenters. The van der Waals surface area contributed by atoms with Gasteiger partial charge in [0.25, 0.3) is 5.56 Å². The number of ether oxygens (including phenoxy) is 1. The molecule has 2 amide bonds. The number of nitrogens with one attached hydrogen (secondary N) is 3. The van der Waals surface area contributed by atoms with E-state index in [0.29, 0.717) is 34.2 Å². The second kappa shape index (κ2) is 13.0. The van der Waals surface area contributed by atoms with Gasteiger partial charge in [0, 0.05) is 35.2 Å². The van der Waals surface area contributed by atoms with E-state index in [1.165, 1.54) is 50.3 Å². The van der Waals surface area contributed by atoms with Gasteiger partial charge < -0.3 is 19.9 Å². The number of carbonyl (C=O) groups is 1. The van der Waals surface area contributed by atoms with Crippen LogP contribution in [0.1, 0.15) is 52.1 Å². The molecular weight excluding hydrogens is 552 g/mol. The zero-order valence-electron chi connectivity index (χ0n) is 24.6. The molecule has 3 N–H and O–H groups in total. The number of thioether (sulfide) groups is 1. The van der Waals surface area contributed by atoms with Crippen LogP contribution >= 0.6 is 11.8 Å². The number of aromatic amines is 1. The van der Waals surface area contributed by atoms with Crippen LogP contribution in [0, 0.1) is 0 Å². The van der Waals surface area contributed by atoms with Gasteiger partial charge in [0.1, 0.15) is 17.1 Å². The number of amides is 2. The number of anilines is 2. The van der Waals surface area contributed by atoms with Gasteiger partial charge in [0.2, 0.25) is 0 Å². The van der Waals surface area contributed by atoms with Gasteiger partial charge in [-0.1, -0.05) is 27.2 Å². The van der Waals surface area contributed by atoms with Gasteiger partial charge in [0.15, 0.2) is 11.4 Å². The van der Waals surface area contributed by atoms with Crippen molar-refractivity contribution in [1.29, 1.82) is 0 Å². The number of carbonyl (C=O) groups excluding carboxylic acids is 1. The Kier molecular flexibility index (Phi) is 9.12. The van der Waals surface area contributed by atoms with Crippen molar-refractivity contribution in [2.24, 2.45) is 0 Å². The molecule has 1 aliphatic heterocycles. The summed E-state index contributed by atoms with van der Waals surface area (Å²) in [5.74, 6) is 1.70. The zero-order valence-corrected chi connectivity index (χ0v) is 25.4. The lowest BCUT2D eigenvalue weighted by Crippen LogP contribution is -2.31. The molecule has 3 aromatic heterocycles. The molecule has 0 bridgehead atoms. The highest BCUT2D eigenvalue weighted by molar-refractivity contribution is 7.98. The lowest BCUT2D eigenvalue weighted by atomic mass is 9.92. The van der Waals surface area contributed by atoms with Crippen LogP contribution < -0.4 is 20.9 Å². The summed E-state index contributed by atoms with van der Waals surface area (Å²) in [5, 5.41) is 10.8. The summed E-state index contributed by atoms with van der Waals surface area (Å²) < 4.78 is 7.99. The number of nitrogens with zero attached hydrogens (tertiary/aromatic N) is 5. The Bertz CT molecular complexity index is 1600. The number of hydrogen-bond donors (Lipinski definition) is 3. The molecule has 0 spiro atoms. The van der Waals surface area contributed by atoms with Crippen LogP contribution in [-0.2, 0) is 12.0 Å². The molecule has 1 fully saturated rings. The summed E-state index contributed by atoms with van der Waals surface area (Å²) in [5.41, 5.74) is 1.91. The normalized spacial score (nSPS) is 14.2. The molecule has 0 saturated carbocycles. The molecular formula is C30H38N8O3S. The summed E-state index contributed by atoms with van der Waals surface area (Å²) in [7, 11) is 0. The van der Waals surface area contributed by atoms with Gasteiger partial charge in [-0.3, -0.25) is 10.1 Å². The number of aryl methyl sites for hydroxylation is 1. The number of rotatable bonds is 9. The quantitative estimate of drug-likeness (QED) is 0.207. The molecule has 11 nitrogen and oxygen atoms in total.